The second kappa shape index (κ2) is 29.9. The van der Waals surface area contributed by atoms with Gasteiger partial charge in [0.05, 0.1) is 6.61 Å². The Kier molecular flexibility index (Phi) is 22.3. The van der Waals surface area contributed by atoms with Gasteiger partial charge in [-0.05, 0) is 65.8 Å². The van der Waals surface area contributed by atoms with Crippen molar-refractivity contribution < 1.29 is 178 Å². The highest BCUT2D eigenvalue weighted by molar-refractivity contribution is 5.93. The van der Waals surface area contributed by atoms with Crippen LogP contribution in [0, 0.1) is 0 Å². The van der Waals surface area contributed by atoms with E-state index in [0.717, 1.165) is 72.9 Å². The number of phenols is 7. The zero-order chi connectivity index (χ0) is 68.7. The van der Waals surface area contributed by atoms with Gasteiger partial charge in [-0.25, -0.2) is 19.2 Å². The number of aliphatic carboxylic acids is 2. The molecule has 1 aliphatic carbocycles. The summed E-state index contributed by atoms with van der Waals surface area (Å²) in [5.41, 5.74) is -0.327. The third-order valence-electron chi connectivity index (χ3n) is 14.4. The normalized spacial score (nSPS) is 29.1. The summed E-state index contributed by atoms with van der Waals surface area (Å²) in [5, 5.41) is 199. The molecule has 4 aliphatic heterocycles. The monoisotopic (exact) mass is 1330 g/mol. The van der Waals surface area contributed by atoms with Crippen molar-refractivity contribution in [1.82, 2.24) is 0 Å². The first kappa shape index (κ1) is 70.1. The average Bonchev–Trinajstić information content (AvgIpc) is 0.768. The van der Waals surface area contributed by atoms with Crippen LogP contribution >= 0.6 is 0 Å². The number of hydrogen-bond donors (Lipinski definition) is 19. The molecule has 0 saturated carbocycles. The van der Waals surface area contributed by atoms with Crippen molar-refractivity contribution in [2.45, 2.75) is 117 Å². The van der Waals surface area contributed by atoms with Crippen LogP contribution in [-0.2, 0) is 80.9 Å². The molecule has 0 radical (unpaired) electrons. The van der Waals surface area contributed by atoms with Crippen LogP contribution in [0.5, 0.6) is 40.2 Å². The Morgan fingerprint density at radius 1 is 0.553 bits per heavy atom. The van der Waals surface area contributed by atoms with Crippen LogP contribution in [0.2, 0.25) is 0 Å². The Balaban J connectivity index is 1.10. The van der Waals surface area contributed by atoms with Crippen LogP contribution in [0.3, 0.4) is 0 Å². The predicted molar refractivity (Wildman–Crippen MR) is 297 cm³/mol. The molecule has 36 heteroatoms. The lowest BCUT2D eigenvalue weighted by atomic mass is 9.96. The molecule has 5 aliphatic rings. The maximum Gasteiger partial charge on any atom is 0.348 e. The summed E-state index contributed by atoms with van der Waals surface area (Å²) >= 11 is 0. The minimum absolute atomic E-state index is 0.118. The van der Waals surface area contributed by atoms with E-state index in [2.05, 4.69) is 4.74 Å². The first-order valence-corrected chi connectivity index (χ1v) is 27.5. The number of carboxylic acids is 2. The second-order valence-electron chi connectivity index (χ2n) is 21.0. The first-order valence-electron chi connectivity index (χ1n) is 27.5. The van der Waals surface area contributed by atoms with Crippen LogP contribution < -0.4 is 0 Å². The summed E-state index contributed by atoms with van der Waals surface area (Å²) in [5.74, 6) is -17.6. The van der Waals surface area contributed by atoms with Crippen molar-refractivity contribution in [3.8, 4) is 40.2 Å². The number of aliphatic hydroxyl groups excluding tert-OH is 10. The maximum atomic E-state index is 13.3. The highest BCUT2D eigenvalue weighted by Gasteiger charge is 2.54. The molecule has 3 fully saturated rings. The molecule has 18 unspecified atom stereocenters. The summed E-state index contributed by atoms with van der Waals surface area (Å²) in [6, 6.07) is 8.61. The Labute approximate surface area is 525 Å². The molecule has 0 amide bonds. The van der Waals surface area contributed by atoms with Gasteiger partial charge in [0.2, 0.25) is 18.7 Å². The molecule has 4 heterocycles. The Morgan fingerprint density at radius 3 is 1.69 bits per heavy atom. The molecule has 3 aromatic rings. The number of hydrogen-bond acceptors (Lipinski definition) is 34. The van der Waals surface area contributed by atoms with Gasteiger partial charge in [0.15, 0.2) is 76.4 Å². The lowest BCUT2D eigenvalue weighted by Gasteiger charge is -2.46. The number of benzene rings is 3. The summed E-state index contributed by atoms with van der Waals surface area (Å²) < 4.78 is 61.8. The van der Waals surface area contributed by atoms with Gasteiger partial charge in [0, 0.05) is 35.4 Å². The van der Waals surface area contributed by atoms with Crippen LogP contribution in [-0.4, -0.2) is 263 Å². The number of carbonyl (C=O) groups excluding carboxylic acids is 4. The zero-order valence-electron chi connectivity index (χ0n) is 47.8. The number of aliphatic hydroxyl groups is 10. The number of ether oxygens (including phenoxy) is 11. The molecule has 0 aromatic heterocycles. The number of esters is 4. The van der Waals surface area contributed by atoms with E-state index < -0.39 is 241 Å². The van der Waals surface area contributed by atoms with Crippen LogP contribution in [0.1, 0.15) is 23.1 Å². The minimum Gasteiger partial charge on any atom is -0.507 e. The lowest BCUT2D eigenvalue weighted by molar-refractivity contribution is -0.363. The molecule has 0 spiro atoms. The largest absolute Gasteiger partial charge is 0.507 e. The molecule has 19 N–H and O–H groups in total. The van der Waals surface area contributed by atoms with Crippen LogP contribution in [0.15, 0.2) is 102 Å². The first-order chi connectivity index (χ1) is 44.4. The Bertz CT molecular complexity index is 3510. The number of fused-ring (bicyclic) bond motifs is 1. The fraction of sp³-hybridized carbons (Fsp3) is 0.379. The van der Waals surface area contributed by atoms with E-state index in [0.29, 0.717) is 0 Å². The Hall–Kier alpha value is -9.80. The summed E-state index contributed by atoms with van der Waals surface area (Å²) in [4.78, 5) is 74.2. The minimum atomic E-state index is -2.80. The molecule has 94 heavy (non-hydrogen) atoms. The quantitative estimate of drug-likeness (QED) is 0.0143. The smallest absolute Gasteiger partial charge is 0.348 e. The zero-order valence-corrected chi connectivity index (χ0v) is 47.8. The molecule has 0 bridgehead atoms. The van der Waals surface area contributed by atoms with Gasteiger partial charge in [-0.3, -0.25) is 9.59 Å². The van der Waals surface area contributed by atoms with Crippen molar-refractivity contribution in [2.24, 2.45) is 0 Å². The number of carbonyl (C=O) groups is 6. The third-order valence-corrected chi connectivity index (χ3v) is 14.4. The van der Waals surface area contributed by atoms with Crippen molar-refractivity contribution in [3.05, 3.63) is 118 Å². The van der Waals surface area contributed by atoms with E-state index in [1.807, 2.05) is 0 Å². The van der Waals surface area contributed by atoms with Gasteiger partial charge < -0.3 is 149 Å². The van der Waals surface area contributed by atoms with E-state index in [9.17, 15) is 121 Å². The average molecular weight is 1330 g/mol. The molecular weight excluding hydrogens is 1270 g/mol. The second-order valence-corrected chi connectivity index (χ2v) is 21.0. The number of aromatic hydroxyl groups is 7. The number of carboxylic acid groups (broad SMARTS) is 2. The maximum absolute atomic E-state index is 13.3. The highest BCUT2D eigenvalue weighted by Crippen LogP contribution is 2.44. The molecular formula is C58H60O36. The van der Waals surface area contributed by atoms with Gasteiger partial charge >= 0.3 is 35.8 Å². The van der Waals surface area contributed by atoms with Gasteiger partial charge in [-0.2, -0.15) is 0 Å². The summed E-state index contributed by atoms with van der Waals surface area (Å²) in [6.45, 7) is -3.04. The molecule has 8 rings (SSSR count). The molecule has 18 atom stereocenters. The van der Waals surface area contributed by atoms with Crippen molar-refractivity contribution >= 4 is 53.7 Å². The van der Waals surface area contributed by atoms with Crippen molar-refractivity contribution in [3.63, 3.8) is 0 Å². The van der Waals surface area contributed by atoms with Crippen LogP contribution in [0.25, 0.3) is 17.9 Å². The topological polar surface area (TPSA) is 588 Å². The summed E-state index contributed by atoms with van der Waals surface area (Å²) in [6.07, 6.45) is -33.2. The molecule has 508 valence electrons. The third kappa shape index (κ3) is 16.3. The van der Waals surface area contributed by atoms with Crippen molar-refractivity contribution in [1.29, 1.82) is 0 Å². The Morgan fingerprint density at radius 2 is 1.11 bits per heavy atom. The van der Waals surface area contributed by atoms with E-state index in [-0.39, 0.29) is 16.7 Å². The number of rotatable bonds is 23. The molecule has 3 aromatic carbocycles. The lowest BCUT2D eigenvalue weighted by Crippen LogP contribution is -2.65. The van der Waals surface area contributed by atoms with Gasteiger partial charge in [-0.1, -0.05) is 12.1 Å². The highest BCUT2D eigenvalue weighted by atomic mass is 16.8. The van der Waals surface area contributed by atoms with Crippen molar-refractivity contribution in [2.75, 3.05) is 19.8 Å². The molecule has 36 nitrogen and oxygen atoms in total. The fourth-order valence-electron chi connectivity index (χ4n) is 9.45. The number of phenolic OH excluding ortho intramolecular Hbond substituents is 7. The number of allylic oxidation sites excluding steroid dienone is 2. The SMILES string of the molecule is O=C(C=Cc1ccc(O)c(O)c1)OCC1OC(OC2=CC3OC(c4cc(O)c(O)c(O)c4)=C(OC4OC(COC(=O)CC(=O)OC(C(=O)O)C(O)C(=O)O)C(O)C(O)C4OC4OC(CO)C(O)C(O)C4OC(=O)C=Cc4ccc(O)c(O)c4)C=C3C(O)=C2)C(O)C(O)C1O. The van der Waals surface area contributed by atoms with Gasteiger partial charge in [-0.15, -0.1) is 0 Å². The standard InChI is InChI=1S/C58H60O36/c59-17-34-42(72)46(76)52(92-38(68)8-4-21-2-6-26(61)29(64)10-21)58(89-34)94-53-47(77)44(74)36(19-85-39(69)16-40(70)93-51(55(82)83)49(79)54(80)81)91-57(53)88-33-15-24-27(62)13-23(14-32(24)87-50(33)22-11-30(65)41(71)31(66)12-22)86-56-48(78)45(75)43(73)35(90-56)18-84-37(67)7-3-20-1-5-25(60)28(63)9-20/h1-15,32,34-36,42-49,51-53,56-66,71-79H,16-19H2,(H,80,81)(H,82,83). The predicted octanol–water partition coefficient (Wildman–Crippen LogP) is -3.67. The van der Waals surface area contributed by atoms with Gasteiger partial charge in [0.25, 0.3) is 0 Å². The van der Waals surface area contributed by atoms with E-state index in [4.69, 9.17) is 52.5 Å². The van der Waals surface area contributed by atoms with E-state index in [1.54, 1.807) is 0 Å². The summed E-state index contributed by atoms with van der Waals surface area (Å²) in [7, 11) is 0. The van der Waals surface area contributed by atoms with E-state index in [1.165, 1.54) is 18.2 Å². The van der Waals surface area contributed by atoms with E-state index >= 15 is 0 Å². The fourth-order valence-corrected chi connectivity index (χ4v) is 9.45. The molecule has 3 saturated heterocycles. The van der Waals surface area contributed by atoms with Crippen LogP contribution in [0.4, 0.5) is 0 Å². The van der Waals surface area contributed by atoms with Gasteiger partial charge in [0.1, 0.15) is 98.3 Å².